The maximum Gasteiger partial charge on any atom is 0.435 e. The lowest BCUT2D eigenvalue weighted by molar-refractivity contribution is -0.141. The number of nitrogens with zero attached hydrogens (tertiary/aromatic N) is 3. The molecule has 0 aliphatic carbocycles. The van der Waals surface area contributed by atoms with Crippen molar-refractivity contribution in [3.8, 4) is 5.75 Å². The Kier molecular flexibility index (Phi) is 8.60. The van der Waals surface area contributed by atoms with Crippen LogP contribution < -0.4 is 10.1 Å². The molecule has 9 nitrogen and oxygen atoms in total. The summed E-state index contributed by atoms with van der Waals surface area (Å²) < 4.78 is 53.3. The van der Waals surface area contributed by atoms with Gasteiger partial charge in [0.25, 0.3) is 11.8 Å². The molecule has 40 heavy (non-hydrogen) atoms. The predicted molar refractivity (Wildman–Crippen MR) is 143 cm³/mol. The Balaban J connectivity index is 1.64. The molecule has 1 saturated heterocycles. The van der Waals surface area contributed by atoms with E-state index in [1.54, 1.807) is 52.0 Å². The van der Waals surface area contributed by atoms with Crippen molar-refractivity contribution >= 4 is 17.4 Å². The van der Waals surface area contributed by atoms with Gasteiger partial charge < -0.3 is 19.7 Å². The fourth-order valence-corrected chi connectivity index (χ4v) is 4.99. The van der Waals surface area contributed by atoms with Crippen molar-refractivity contribution in [3.63, 3.8) is 0 Å². The molecule has 2 aliphatic heterocycles. The van der Waals surface area contributed by atoms with Crippen molar-refractivity contribution in [1.82, 2.24) is 25.3 Å². The normalized spacial score (nSPS) is 18.0. The lowest BCUT2D eigenvalue weighted by Gasteiger charge is -2.31. The second kappa shape index (κ2) is 11.6. The molecule has 2 N–H and O–H groups in total. The van der Waals surface area contributed by atoms with Gasteiger partial charge in [-0.05, 0) is 45.0 Å². The molecule has 0 bridgehead atoms. The lowest BCUT2D eigenvalue weighted by Crippen LogP contribution is -2.39. The van der Waals surface area contributed by atoms with E-state index >= 15 is 0 Å². The van der Waals surface area contributed by atoms with Crippen molar-refractivity contribution in [1.29, 1.82) is 0 Å². The zero-order chi connectivity index (χ0) is 29.2. The summed E-state index contributed by atoms with van der Waals surface area (Å²) in [5.41, 5.74) is -2.14. The topological polar surface area (TPSA) is 99.8 Å². The number of alkyl halides is 3. The van der Waals surface area contributed by atoms with Crippen molar-refractivity contribution < 1.29 is 32.2 Å². The summed E-state index contributed by atoms with van der Waals surface area (Å²) in [5.74, 6) is -0.548. The quantitative estimate of drug-likeness (QED) is 0.532. The second-order valence-corrected chi connectivity index (χ2v) is 11.0. The van der Waals surface area contributed by atoms with Crippen LogP contribution in [0.25, 0.3) is 5.57 Å². The monoisotopic (exact) mass is 563 g/mol. The molecular formula is C28H36F3N5O4. The zero-order valence-electron chi connectivity index (χ0n) is 23.4. The Morgan fingerprint density at radius 1 is 1.18 bits per heavy atom. The first kappa shape index (κ1) is 29.6. The number of halogens is 3. The van der Waals surface area contributed by atoms with Gasteiger partial charge >= 0.3 is 6.18 Å². The van der Waals surface area contributed by atoms with E-state index in [0.29, 0.717) is 31.1 Å². The van der Waals surface area contributed by atoms with E-state index in [0.717, 1.165) is 19.6 Å². The van der Waals surface area contributed by atoms with Gasteiger partial charge in [-0.3, -0.25) is 19.6 Å². The van der Waals surface area contributed by atoms with E-state index in [9.17, 15) is 22.8 Å². The van der Waals surface area contributed by atoms with Crippen LogP contribution in [0.5, 0.6) is 5.75 Å². The number of fused-ring (bicyclic) bond motifs is 1. The molecule has 2 aromatic rings. The highest BCUT2D eigenvalue weighted by Crippen LogP contribution is 2.43. The van der Waals surface area contributed by atoms with Crippen LogP contribution in [0.1, 0.15) is 61.9 Å². The van der Waals surface area contributed by atoms with Gasteiger partial charge in [0.2, 0.25) is 0 Å². The van der Waals surface area contributed by atoms with Crippen LogP contribution in [0, 0.1) is 0 Å². The molecule has 0 saturated carbocycles. The number of aromatic amines is 1. The molecule has 0 radical (unpaired) electrons. The number of hydrogen-bond donors (Lipinski definition) is 2. The van der Waals surface area contributed by atoms with Gasteiger partial charge in [0.05, 0.1) is 24.5 Å². The molecule has 0 atom stereocenters. The molecular weight excluding hydrogens is 527 g/mol. The van der Waals surface area contributed by atoms with Crippen molar-refractivity contribution in [2.75, 3.05) is 46.0 Å². The van der Waals surface area contributed by atoms with Gasteiger partial charge in [-0.1, -0.05) is 13.8 Å². The predicted octanol–water partition coefficient (Wildman–Crippen LogP) is 3.83. The van der Waals surface area contributed by atoms with E-state index < -0.39 is 29.1 Å². The van der Waals surface area contributed by atoms with Crippen LogP contribution in [-0.2, 0) is 21.1 Å². The summed E-state index contributed by atoms with van der Waals surface area (Å²) in [7, 11) is 0. The van der Waals surface area contributed by atoms with Crippen LogP contribution in [0.4, 0.5) is 13.2 Å². The molecule has 218 valence electrons. The highest BCUT2D eigenvalue weighted by molar-refractivity contribution is 6.22. The van der Waals surface area contributed by atoms with Crippen molar-refractivity contribution in [3.05, 3.63) is 52.5 Å². The van der Waals surface area contributed by atoms with Gasteiger partial charge in [0.15, 0.2) is 5.69 Å². The molecule has 1 aromatic heterocycles. The van der Waals surface area contributed by atoms with Crippen LogP contribution in [-0.4, -0.2) is 83.9 Å². The third-order valence-electron chi connectivity index (χ3n) is 7.05. The number of benzene rings is 1. The van der Waals surface area contributed by atoms with E-state index in [-0.39, 0.29) is 35.1 Å². The highest BCUT2D eigenvalue weighted by atomic mass is 19.4. The number of carbonyl (C=O) groups is 2. The van der Waals surface area contributed by atoms with Crippen LogP contribution in [0.2, 0.25) is 0 Å². The Bertz CT molecular complexity index is 1260. The summed E-state index contributed by atoms with van der Waals surface area (Å²) in [5, 5.41) is 8.76. The average Bonchev–Trinajstić information content (AvgIpc) is 3.31. The summed E-state index contributed by atoms with van der Waals surface area (Å²) in [4.78, 5) is 30.7. The Morgan fingerprint density at radius 3 is 2.42 bits per heavy atom. The Hall–Kier alpha value is -3.38. The van der Waals surface area contributed by atoms with Gasteiger partial charge in [-0.2, -0.15) is 18.3 Å². The number of carbonyl (C=O) groups excluding carboxylic acids is 2. The van der Waals surface area contributed by atoms with Crippen LogP contribution in [0.15, 0.2) is 30.0 Å². The standard InChI is InChI=1S/C28H36F3N5O4/c1-17(2)32-25(37)21-18(3)36(16-27(4,5)23-22(21)24(34-33-23)28(29,30)31)26(38)19-6-8-20(9-7-19)40-15-12-35-10-13-39-14-11-35/h6-9,17H,10-16H2,1-5H3,(H,32,37)(H,33,34). The summed E-state index contributed by atoms with van der Waals surface area (Å²) >= 11 is 0. The first-order valence-electron chi connectivity index (χ1n) is 13.3. The smallest absolute Gasteiger partial charge is 0.435 e. The lowest BCUT2D eigenvalue weighted by atomic mass is 9.84. The number of hydrogen-bond acceptors (Lipinski definition) is 6. The minimum absolute atomic E-state index is 0.0282. The fourth-order valence-electron chi connectivity index (χ4n) is 4.99. The summed E-state index contributed by atoms with van der Waals surface area (Å²) in [6, 6.07) is 6.28. The maximum absolute atomic E-state index is 14.0. The minimum atomic E-state index is -4.80. The molecule has 1 fully saturated rings. The molecule has 1 aromatic carbocycles. The van der Waals surface area contributed by atoms with Crippen LogP contribution in [0.3, 0.4) is 0 Å². The molecule has 0 spiro atoms. The molecule has 2 amide bonds. The number of aromatic nitrogens is 2. The van der Waals surface area contributed by atoms with E-state index in [2.05, 4.69) is 20.4 Å². The third kappa shape index (κ3) is 6.33. The minimum Gasteiger partial charge on any atom is -0.492 e. The maximum atomic E-state index is 14.0. The van der Waals surface area contributed by atoms with Gasteiger partial charge in [0, 0.05) is 54.5 Å². The molecule has 2 aliphatic rings. The largest absolute Gasteiger partial charge is 0.492 e. The van der Waals surface area contributed by atoms with Crippen LogP contribution >= 0.6 is 0 Å². The van der Waals surface area contributed by atoms with Gasteiger partial charge in [0.1, 0.15) is 12.4 Å². The first-order chi connectivity index (χ1) is 18.8. The average molecular weight is 564 g/mol. The SMILES string of the molecule is CC1=C(C(=O)NC(C)C)c2c(C(F)(F)F)n[nH]c2C(C)(C)CN1C(=O)c1ccc(OCCN2CCOCC2)cc1. The third-order valence-corrected chi connectivity index (χ3v) is 7.05. The second-order valence-electron chi connectivity index (χ2n) is 11.0. The number of nitrogens with one attached hydrogen (secondary N) is 2. The summed E-state index contributed by atoms with van der Waals surface area (Å²) in [6.45, 7) is 12.7. The van der Waals surface area contributed by atoms with Crippen molar-refractivity contribution in [2.24, 2.45) is 0 Å². The zero-order valence-corrected chi connectivity index (χ0v) is 23.4. The van der Waals surface area contributed by atoms with E-state index in [1.165, 1.54) is 11.8 Å². The molecule has 0 unspecified atom stereocenters. The molecule has 4 rings (SSSR count). The summed E-state index contributed by atoms with van der Waals surface area (Å²) in [6.07, 6.45) is -4.80. The van der Waals surface area contributed by atoms with E-state index in [4.69, 9.17) is 9.47 Å². The van der Waals surface area contributed by atoms with Gasteiger partial charge in [-0.15, -0.1) is 0 Å². The number of allylic oxidation sites excluding steroid dienone is 1. The first-order valence-corrected chi connectivity index (χ1v) is 13.3. The van der Waals surface area contributed by atoms with Gasteiger partial charge in [-0.25, -0.2) is 0 Å². The molecule has 3 heterocycles. The molecule has 12 heteroatoms. The number of ether oxygens (including phenoxy) is 2. The van der Waals surface area contributed by atoms with E-state index in [1.807, 2.05) is 0 Å². The highest BCUT2D eigenvalue weighted by Gasteiger charge is 2.46. The Morgan fingerprint density at radius 2 is 1.82 bits per heavy atom. The van der Waals surface area contributed by atoms with Crippen molar-refractivity contribution in [2.45, 2.75) is 52.3 Å². The number of amides is 2. The number of H-pyrrole nitrogens is 1. The number of rotatable bonds is 7. The Labute approximate surface area is 231 Å². The fraction of sp³-hybridized carbons (Fsp3) is 0.536. The number of morpholine rings is 1.